The SMILES string of the molecule is O=C([O-])CCC/C=C\C[C@H]1C(=O)CCN1CCC[CH-]O.[Na+].[U]. The first kappa shape index (κ1) is 25.1. The first-order chi connectivity index (χ1) is 9.65. The van der Waals surface area contributed by atoms with Gasteiger partial charge in [-0.25, -0.2) is 6.61 Å². The van der Waals surface area contributed by atoms with Crippen LogP contribution in [-0.4, -0.2) is 40.9 Å². The Bertz CT molecular complexity index is 352. The van der Waals surface area contributed by atoms with Crippen molar-refractivity contribution in [2.24, 2.45) is 0 Å². The molecule has 118 valence electrons. The van der Waals surface area contributed by atoms with Gasteiger partial charge in [-0.05, 0) is 32.2 Å². The fourth-order valence-electron chi connectivity index (χ4n) is 2.42. The molecule has 1 heterocycles. The summed E-state index contributed by atoms with van der Waals surface area (Å²) in [6.45, 7) is 2.78. The second-order valence-electron chi connectivity index (χ2n) is 5.06. The number of carboxylic acid groups (broad SMARTS) is 1. The van der Waals surface area contributed by atoms with Crippen LogP contribution < -0.4 is 34.7 Å². The fourth-order valence-corrected chi connectivity index (χ4v) is 2.42. The zero-order valence-corrected chi connectivity index (χ0v) is 19.5. The van der Waals surface area contributed by atoms with Crippen LogP contribution in [0.1, 0.15) is 44.9 Å². The summed E-state index contributed by atoms with van der Waals surface area (Å²) in [6, 6.07) is -0.0499. The van der Waals surface area contributed by atoms with E-state index in [1.165, 1.54) is 0 Å². The Balaban J connectivity index is 0. The third-order valence-electron chi connectivity index (χ3n) is 3.51. The Hall–Kier alpha value is 0.852. The monoisotopic (exact) mass is 542 g/mol. The Morgan fingerprint density at radius 2 is 2.14 bits per heavy atom. The molecule has 7 heteroatoms. The molecule has 0 radical (unpaired) electrons. The topological polar surface area (TPSA) is 80.7 Å². The number of aliphatic hydroxyl groups is 1. The van der Waals surface area contributed by atoms with Crippen LogP contribution in [0.3, 0.4) is 0 Å². The van der Waals surface area contributed by atoms with Crippen LogP contribution in [0.15, 0.2) is 12.2 Å². The summed E-state index contributed by atoms with van der Waals surface area (Å²) in [6.07, 6.45) is 8.06. The van der Waals surface area contributed by atoms with Gasteiger partial charge < -0.3 is 15.0 Å². The van der Waals surface area contributed by atoms with E-state index < -0.39 is 5.97 Å². The molecule has 1 aliphatic heterocycles. The summed E-state index contributed by atoms with van der Waals surface area (Å²) in [5.74, 6) is -0.742. The molecule has 1 saturated heterocycles. The number of carbonyl (C=O) groups is 2. The smallest absolute Gasteiger partial charge is 0.566 e. The number of Topliss-reactive ketones (excluding diaryl/α,β-unsaturated/α-hetero) is 1. The normalized spacial score (nSPS) is 18.2. The van der Waals surface area contributed by atoms with Crippen LogP contribution in [-0.2, 0) is 9.59 Å². The number of likely N-dealkylation sites (tertiary alicyclic amines) is 1. The molecule has 1 aliphatic rings. The molecule has 5 nitrogen and oxygen atoms in total. The van der Waals surface area contributed by atoms with E-state index in [1.807, 2.05) is 12.2 Å². The summed E-state index contributed by atoms with van der Waals surface area (Å²) in [7, 11) is 0. The van der Waals surface area contributed by atoms with Gasteiger partial charge >= 0.3 is 29.6 Å². The van der Waals surface area contributed by atoms with Crippen molar-refractivity contribution in [3.8, 4) is 0 Å². The molecule has 0 aromatic rings. The van der Waals surface area contributed by atoms with E-state index in [0.29, 0.717) is 32.1 Å². The van der Waals surface area contributed by atoms with Crippen LogP contribution in [0.5, 0.6) is 0 Å². The number of nitrogens with zero attached hydrogens (tertiary/aromatic N) is 1. The minimum absolute atomic E-state index is 0. The van der Waals surface area contributed by atoms with E-state index in [0.717, 1.165) is 26.1 Å². The zero-order chi connectivity index (χ0) is 14.8. The largest absolute Gasteiger partial charge is 1.00 e. The van der Waals surface area contributed by atoms with Crippen molar-refractivity contribution in [3.63, 3.8) is 0 Å². The van der Waals surface area contributed by atoms with Crippen LogP contribution in [0.4, 0.5) is 0 Å². The van der Waals surface area contributed by atoms with E-state index in [4.69, 9.17) is 5.11 Å². The molecule has 0 aromatic carbocycles. The summed E-state index contributed by atoms with van der Waals surface area (Å²) in [4.78, 5) is 24.2. The van der Waals surface area contributed by atoms with Crippen molar-refractivity contribution in [1.82, 2.24) is 4.90 Å². The average molecular weight is 542 g/mol. The molecule has 0 bridgehead atoms. The number of hydrogen-bond donors (Lipinski definition) is 1. The number of carboxylic acids is 1. The second-order valence-corrected chi connectivity index (χ2v) is 5.06. The van der Waals surface area contributed by atoms with Crippen LogP contribution in [0, 0.1) is 37.7 Å². The van der Waals surface area contributed by atoms with Crippen molar-refractivity contribution in [2.45, 2.75) is 51.0 Å². The number of allylic oxidation sites excluding steroid dienone is 1. The van der Waals surface area contributed by atoms with Gasteiger partial charge in [0.1, 0.15) is 0 Å². The molecule has 0 saturated carbocycles. The average Bonchev–Trinajstić information content (AvgIpc) is 2.75. The number of ketones is 1. The maximum atomic E-state index is 11.8. The van der Waals surface area contributed by atoms with Crippen LogP contribution in [0.25, 0.3) is 0 Å². The Morgan fingerprint density at radius 3 is 2.77 bits per heavy atom. The van der Waals surface area contributed by atoms with Crippen molar-refractivity contribution >= 4 is 11.8 Å². The second kappa shape index (κ2) is 15.4. The fraction of sp³-hybridized carbons (Fsp3) is 0.667. The molecule has 1 fully saturated rings. The first-order valence-corrected chi connectivity index (χ1v) is 7.22. The molecular weight excluding hydrogens is 519 g/mol. The number of hydrogen-bond acceptors (Lipinski definition) is 5. The molecular formula is C15H23NNaO4U-. The number of rotatable bonds is 10. The molecule has 0 aliphatic carbocycles. The minimum atomic E-state index is -1.02. The summed E-state index contributed by atoms with van der Waals surface area (Å²) in [5.41, 5.74) is 0. The third kappa shape index (κ3) is 10.6. The van der Waals surface area contributed by atoms with Gasteiger partial charge in [-0.3, -0.25) is 9.69 Å². The maximum Gasteiger partial charge on any atom is 1.00 e. The van der Waals surface area contributed by atoms with Crippen molar-refractivity contribution < 1.29 is 80.5 Å². The standard InChI is InChI=1S/C15H24NO4.Na.U/c17-12-6-5-10-16-11-9-14(18)13(16)7-3-1-2-4-8-15(19)20;;/h1,3,12-13,17H,2,4-11H2,(H,19,20);;/q-1;+1;/p-1/b3-1-;;/t13-;;/m0../s1. The van der Waals surface area contributed by atoms with Gasteiger partial charge in [0.2, 0.25) is 0 Å². The quantitative estimate of drug-likeness (QED) is 0.147. The van der Waals surface area contributed by atoms with E-state index in [2.05, 4.69) is 4.90 Å². The summed E-state index contributed by atoms with van der Waals surface area (Å²) >= 11 is 0. The Kier molecular flexibility index (Phi) is 17.5. The van der Waals surface area contributed by atoms with Gasteiger partial charge in [-0.2, -0.15) is 6.42 Å². The van der Waals surface area contributed by atoms with Gasteiger partial charge in [0.25, 0.3) is 0 Å². The van der Waals surface area contributed by atoms with E-state index in [1.54, 1.807) is 0 Å². The molecule has 0 amide bonds. The van der Waals surface area contributed by atoms with E-state index in [9.17, 15) is 14.7 Å². The number of carbonyl (C=O) groups excluding carboxylic acids is 2. The molecule has 1 atom stereocenters. The molecule has 0 unspecified atom stereocenters. The van der Waals surface area contributed by atoms with E-state index in [-0.39, 0.29) is 78.9 Å². The van der Waals surface area contributed by atoms with Gasteiger partial charge in [0.05, 0.1) is 6.04 Å². The molecule has 22 heavy (non-hydrogen) atoms. The van der Waals surface area contributed by atoms with Crippen molar-refractivity contribution in [1.29, 1.82) is 0 Å². The van der Waals surface area contributed by atoms with Crippen LogP contribution in [0.2, 0.25) is 0 Å². The van der Waals surface area contributed by atoms with Crippen molar-refractivity contribution in [3.05, 3.63) is 18.8 Å². The molecule has 0 aromatic heterocycles. The number of unbranched alkanes of at least 4 members (excludes halogenated alkanes) is 2. The summed E-state index contributed by atoms with van der Waals surface area (Å²) in [5, 5.41) is 18.9. The molecule has 1 rings (SSSR count). The van der Waals surface area contributed by atoms with Gasteiger partial charge in [0.15, 0.2) is 5.78 Å². The van der Waals surface area contributed by atoms with Gasteiger partial charge in [-0.1, -0.05) is 18.6 Å². The Morgan fingerprint density at radius 1 is 1.41 bits per heavy atom. The van der Waals surface area contributed by atoms with Gasteiger partial charge in [-0.15, -0.1) is 0 Å². The number of aliphatic carboxylic acids is 1. The predicted molar refractivity (Wildman–Crippen MR) is 73.1 cm³/mol. The minimum Gasteiger partial charge on any atom is -0.566 e. The predicted octanol–water partition coefficient (Wildman–Crippen LogP) is -2.19. The number of aliphatic hydroxyl groups excluding tert-OH is 1. The van der Waals surface area contributed by atoms with E-state index >= 15 is 0 Å². The summed E-state index contributed by atoms with van der Waals surface area (Å²) < 4.78 is 0. The van der Waals surface area contributed by atoms with Crippen molar-refractivity contribution in [2.75, 3.05) is 13.1 Å². The molecule has 1 N–H and O–H groups in total. The maximum absolute atomic E-state index is 11.8. The van der Waals surface area contributed by atoms with Crippen LogP contribution >= 0.6 is 0 Å². The third-order valence-corrected chi connectivity index (χ3v) is 3.51. The molecule has 0 spiro atoms. The Labute approximate surface area is 178 Å². The zero-order valence-electron chi connectivity index (χ0n) is 13.3. The first-order valence-electron chi connectivity index (χ1n) is 7.22. The van der Waals surface area contributed by atoms with Gasteiger partial charge in [0, 0.05) is 50.0 Å².